The van der Waals surface area contributed by atoms with Gasteiger partial charge >= 0.3 is 0 Å². The summed E-state index contributed by atoms with van der Waals surface area (Å²) in [7, 11) is 0. The summed E-state index contributed by atoms with van der Waals surface area (Å²) in [6.07, 6.45) is 1.42. The number of nitriles is 1. The Morgan fingerprint density at radius 1 is 1.44 bits per heavy atom. The van der Waals surface area contributed by atoms with E-state index < -0.39 is 11.9 Å². The van der Waals surface area contributed by atoms with Crippen molar-refractivity contribution in [2.24, 2.45) is 11.1 Å². The van der Waals surface area contributed by atoms with E-state index in [1.807, 2.05) is 6.07 Å². The van der Waals surface area contributed by atoms with Crippen molar-refractivity contribution in [3.05, 3.63) is 35.1 Å². The first kappa shape index (κ1) is 17.8. The smallest absolute Gasteiger partial charge is 0.254 e. The zero-order valence-electron chi connectivity index (χ0n) is 13.9. The van der Waals surface area contributed by atoms with E-state index in [2.05, 4.69) is 0 Å². The molecule has 25 heavy (non-hydrogen) atoms. The Labute approximate surface area is 146 Å². The summed E-state index contributed by atoms with van der Waals surface area (Å²) >= 11 is 0. The van der Waals surface area contributed by atoms with Gasteiger partial charge in [0.1, 0.15) is 5.82 Å². The molecule has 1 aromatic rings. The Bertz CT molecular complexity index is 695. The molecule has 0 unspecified atom stereocenters. The number of piperidine rings is 1. The lowest BCUT2D eigenvalue weighted by molar-refractivity contribution is -0.207. The topological polar surface area (TPSA) is 99.6 Å². The molecular formula is C18H22FN3O3. The maximum absolute atomic E-state index is 13.6. The molecule has 1 heterocycles. The highest BCUT2D eigenvalue weighted by Gasteiger charge is 2.56. The summed E-state index contributed by atoms with van der Waals surface area (Å²) in [6, 6.07) is 5.52. The predicted molar refractivity (Wildman–Crippen MR) is 88.1 cm³/mol. The lowest BCUT2D eigenvalue weighted by atomic mass is 9.58. The molecule has 0 aromatic heterocycles. The van der Waals surface area contributed by atoms with E-state index in [0.29, 0.717) is 45.5 Å². The van der Waals surface area contributed by atoms with E-state index in [-0.39, 0.29) is 28.6 Å². The van der Waals surface area contributed by atoms with Gasteiger partial charge in [-0.15, -0.1) is 0 Å². The van der Waals surface area contributed by atoms with Gasteiger partial charge in [0.25, 0.3) is 5.91 Å². The highest BCUT2D eigenvalue weighted by Crippen LogP contribution is 2.51. The normalized spacial score (nSPS) is 24.6. The maximum Gasteiger partial charge on any atom is 0.254 e. The molecule has 0 bridgehead atoms. The number of aliphatic hydroxyl groups excluding tert-OH is 1. The van der Waals surface area contributed by atoms with Gasteiger partial charge in [0.15, 0.2) is 0 Å². The van der Waals surface area contributed by atoms with Crippen LogP contribution in [0.3, 0.4) is 0 Å². The largest absolute Gasteiger partial charge is 0.392 e. The van der Waals surface area contributed by atoms with E-state index >= 15 is 0 Å². The van der Waals surface area contributed by atoms with Crippen LogP contribution in [0.4, 0.5) is 4.39 Å². The number of ether oxygens (including phenoxy) is 1. The number of hydrogen-bond donors (Lipinski definition) is 2. The predicted octanol–water partition coefficient (Wildman–Crippen LogP) is 1.03. The third-order valence-electron chi connectivity index (χ3n) is 5.43. The number of nitrogens with two attached hydrogens (primary N) is 1. The summed E-state index contributed by atoms with van der Waals surface area (Å²) in [6.45, 7) is 1.84. The van der Waals surface area contributed by atoms with Crippen LogP contribution in [-0.2, 0) is 4.74 Å². The number of nitrogens with zero attached hydrogens (tertiary/aromatic N) is 2. The molecule has 6 nitrogen and oxygen atoms in total. The van der Waals surface area contributed by atoms with Crippen molar-refractivity contribution in [1.29, 1.82) is 5.26 Å². The Morgan fingerprint density at radius 3 is 2.76 bits per heavy atom. The van der Waals surface area contributed by atoms with Crippen LogP contribution in [0, 0.1) is 22.6 Å². The second-order valence-electron chi connectivity index (χ2n) is 6.77. The average Bonchev–Trinajstić information content (AvgIpc) is 2.63. The van der Waals surface area contributed by atoms with Crippen molar-refractivity contribution in [2.45, 2.75) is 31.5 Å². The highest BCUT2D eigenvalue weighted by atomic mass is 19.1. The van der Waals surface area contributed by atoms with Gasteiger partial charge in [-0.25, -0.2) is 4.39 Å². The van der Waals surface area contributed by atoms with Gasteiger partial charge in [-0.2, -0.15) is 5.26 Å². The minimum atomic E-state index is -0.597. The monoisotopic (exact) mass is 347 g/mol. The molecule has 0 radical (unpaired) electrons. The van der Waals surface area contributed by atoms with Gasteiger partial charge < -0.3 is 20.5 Å². The van der Waals surface area contributed by atoms with E-state index in [1.54, 1.807) is 4.90 Å². The van der Waals surface area contributed by atoms with Gasteiger partial charge in [0.05, 0.1) is 30.4 Å². The molecule has 1 amide bonds. The van der Waals surface area contributed by atoms with Crippen LogP contribution in [0.2, 0.25) is 0 Å². The lowest BCUT2D eigenvalue weighted by Crippen LogP contribution is -2.62. The average molecular weight is 347 g/mol. The Morgan fingerprint density at radius 2 is 2.16 bits per heavy atom. The van der Waals surface area contributed by atoms with Gasteiger partial charge in [0, 0.05) is 37.0 Å². The minimum absolute atomic E-state index is 0.0253. The molecule has 1 aliphatic carbocycles. The fourth-order valence-corrected chi connectivity index (χ4v) is 3.91. The van der Waals surface area contributed by atoms with Crippen molar-refractivity contribution >= 4 is 5.91 Å². The van der Waals surface area contributed by atoms with Crippen LogP contribution in [-0.4, -0.2) is 54.4 Å². The van der Waals surface area contributed by atoms with E-state index in [9.17, 15) is 14.3 Å². The molecule has 3 rings (SSSR count). The maximum atomic E-state index is 13.6. The van der Waals surface area contributed by atoms with Crippen molar-refractivity contribution < 1.29 is 19.0 Å². The SMILES string of the molecule is N#Cc1cc(F)cc(C(=O)N2CCC3(CC2)[C@H](O)C[C@@H]3OCCN)c1. The number of halogens is 1. The summed E-state index contributed by atoms with van der Waals surface area (Å²) in [4.78, 5) is 14.3. The quantitative estimate of drug-likeness (QED) is 0.847. The first-order valence-electron chi connectivity index (χ1n) is 8.50. The zero-order chi connectivity index (χ0) is 18.0. The molecule has 1 spiro atoms. The van der Waals surface area contributed by atoms with Crippen LogP contribution >= 0.6 is 0 Å². The fraction of sp³-hybridized carbons (Fsp3) is 0.556. The van der Waals surface area contributed by atoms with E-state index in [1.165, 1.54) is 6.07 Å². The molecule has 3 N–H and O–H groups in total. The number of carbonyl (C=O) groups is 1. The number of benzene rings is 1. The van der Waals surface area contributed by atoms with E-state index in [4.69, 9.17) is 15.7 Å². The number of hydrogen-bond acceptors (Lipinski definition) is 5. The van der Waals surface area contributed by atoms with Crippen molar-refractivity contribution in [3.63, 3.8) is 0 Å². The first-order chi connectivity index (χ1) is 12.0. The van der Waals surface area contributed by atoms with Gasteiger partial charge in [-0.05, 0) is 31.0 Å². The van der Waals surface area contributed by atoms with Gasteiger partial charge in [0.2, 0.25) is 0 Å². The molecule has 134 valence electrons. The van der Waals surface area contributed by atoms with Crippen molar-refractivity contribution in [2.75, 3.05) is 26.2 Å². The molecular weight excluding hydrogens is 325 g/mol. The lowest BCUT2D eigenvalue weighted by Gasteiger charge is -2.56. The second kappa shape index (κ2) is 7.08. The summed E-state index contributed by atoms with van der Waals surface area (Å²) in [5.41, 5.74) is 5.47. The standard InChI is InChI=1S/C18H22FN3O3/c19-14-8-12(11-21)7-13(9-14)17(24)22-4-1-18(2-5-22)15(23)10-16(18)25-6-3-20/h7-9,15-16,23H,1-6,10,20H2/t15-,16+/m1/s1. The van der Waals surface area contributed by atoms with Crippen molar-refractivity contribution in [1.82, 2.24) is 4.90 Å². The van der Waals surface area contributed by atoms with Crippen LogP contribution < -0.4 is 5.73 Å². The molecule has 1 saturated heterocycles. The van der Waals surface area contributed by atoms with Crippen LogP contribution in [0.15, 0.2) is 18.2 Å². The highest BCUT2D eigenvalue weighted by molar-refractivity contribution is 5.94. The number of aliphatic hydroxyl groups is 1. The molecule has 1 saturated carbocycles. The molecule has 7 heteroatoms. The number of amides is 1. The Kier molecular flexibility index (Phi) is 5.04. The summed E-state index contributed by atoms with van der Waals surface area (Å²) < 4.78 is 19.3. The number of likely N-dealkylation sites (tertiary alicyclic amines) is 1. The molecule has 2 aliphatic rings. The zero-order valence-corrected chi connectivity index (χ0v) is 13.9. The minimum Gasteiger partial charge on any atom is -0.392 e. The van der Waals surface area contributed by atoms with Crippen LogP contribution in [0.5, 0.6) is 0 Å². The Balaban J connectivity index is 1.67. The molecule has 2 fully saturated rings. The molecule has 1 aromatic carbocycles. The van der Waals surface area contributed by atoms with Crippen molar-refractivity contribution in [3.8, 4) is 6.07 Å². The number of carbonyl (C=O) groups excluding carboxylic acids is 1. The summed E-state index contributed by atoms with van der Waals surface area (Å²) in [5, 5.41) is 19.2. The third kappa shape index (κ3) is 3.25. The van der Waals surface area contributed by atoms with Gasteiger partial charge in [-0.1, -0.05) is 0 Å². The summed E-state index contributed by atoms with van der Waals surface area (Å²) in [5.74, 6) is -0.889. The van der Waals surface area contributed by atoms with Crippen LogP contribution in [0.1, 0.15) is 35.2 Å². The Hall–Kier alpha value is -2.01. The molecule has 1 aliphatic heterocycles. The fourth-order valence-electron chi connectivity index (χ4n) is 3.91. The molecule has 2 atom stereocenters. The van der Waals surface area contributed by atoms with Crippen LogP contribution in [0.25, 0.3) is 0 Å². The first-order valence-corrected chi connectivity index (χ1v) is 8.50. The second-order valence-corrected chi connectivity index (χ2v) is 6.77. The number of rotatable bonds is 4. The van der Waals surface area contributed by atoms with E-state index in [0.717, 1.165) is 12.1 Å². The van der Waals surface area contributed by atoms with Gasteiger partial charge in [-0.3, -0.25) is 4.79 Å². The third-order valence-corrected chi connectivity index (χ3v) is 5.43.